The zero-order valence-electron chi connectivity index (χ0n) is 15.4. The molecule has 3 aromatic rings. The van der Waals surface area contributed by atoms with Crippen molar-refractivity contribution in [1.82, 2.24) is 19.6 Å². The molecule has 0 aromatic carbocycles. The number of primary amides is 1. The topological polar surface area (TPSA) is 115 Å². The lowest BCUT2D eigenvalue weighted by Gasteiger charge is -2.18. The van der Waals surface area contributed by atoms with E-state index in [4.69, 9.17) is 5.73 Å². The molecule has 3 heterocycles. The minimum atomic E-state index is -0.520. The van der Waals surface area contributed by atoms with Gasteiger partial charge in [0, 0.05) is 16.3 Å². The Bertz CT molecular complexity index is 1080. The summed E-state index contributed by atoms with van der Waals surface area (Å²) >= 11 is 1.42. The Kier molecular flexibility index (Phi) is 4.18. The number of hydrogen-bond acceptors (Lipinski definition) is 6. The van der Waals surface area contributed by atoms with Crippen molar-refractivity contribution >= 4 is 33.9 Å². The van der Waals surface area contributed by atoms with Crippen LogP contribution in [0.3, 0.4) is 0 Å². The fourth-order valence-corrected chi connectivity index (χ4v) is 4.93. The first-order valence-electron chi connectivity index (χ1n) is 8.80. The Morgan fingerprint density at radius 3 is 2.85 bits per heavy atom. The lowest BCUT2D eigenvalue weighted by Crippen LogP contribution is -2.20. The van der Waals surface area contributed by atoms with E-state index in [1.54, 1.807) is 0 Å². The van der Waals surface area contributed by atoms with Crippen LogP contribution in [0, 0.1) is 19.8 Å². The average molecular weight is 384 g/mol. The fraction of sp³-hybridized carbons (Fsp3) is 0.389. The summed E-state index contributed by atoms with van der Waals surface area (Å²) in [5, 5.41) is 7.50. The second kappa shape index (κ2) is 6.41. The van der Waals surface area contributed by atoms with Crippen LogP contribution in [0.2, 0.25) is 0 Å². The largest absolute Gasteiger partial charge is 0.365 e. The highest BCUT2D eigenvalue weighted by atomic mass is 32.1. The molecule has 0 unspecified atom stereocenters. The van der Waals surface area contributed by atoms with Gasteiger partial charge in [0.2, 0.25) is 5.82 Å². The number of carbonyl (C=O) groups excluding carboxylic acids is 2. The number of hydrogen-bond donors (Lipinski definition) is 2. The number of aryl methyl sites for hydroxylation is 2. The van der Waals surface area contributed by atoms with E-state index in [0.717, 1.165) is 41.1 Å². The van der Waals surface area contributed by atoms with Crippen molar-refractivity contribution < 1.29 is 9.59 Å². The molecule has 0 saturated carbocycles. The van der Waals surface area contributed by atoms with Crippen LogP contribution >= 0.6 is 11.3 Å². The van der Waals surface area contributed by atoms with E-state index >= 15 is 0 Å². The Morgan fingerprint density at radius 1 is 1.33 bits per heavy atom. The zero-order valence-corrected chi connectivity index (χ0v) is 16.2. The molecule has 0 saturated heterocycles. The van der Waals surface area contributed by atoms with Gasteiger partial charge in [-0.05, 0) is 50.7 Å². The molecule has 3 N–H and O–H groups in total. The summed E-state index contributed by atoms with van der Waals surface area (Å²) in [7, 11) is 0. The highest BCUT2D eigenvalue weighted by Gasteiger charge is 2.28. The summed E-state index contributed by atoms with van der Waals surface area (Å²) in [6.07, 6.45) is 2.71. The third-order valence-corrected chi connectivity index (χ3v) is 5.98. The Hall–Kier alpha value is -2.81. The highest BCUT2D eigenvalue weighted by molar-refractivity contribution is 7.17. The van der Waals surface area contributed by atoms with Crippen molar-refractivity contribution in [2.24, 2.45) is 11.7 Å². The highest BCUT2D eigenvalue weighted by Crippen LogP contribution is 2.39. The van der Waals surface area contributed by atoms with Gasteiger partial charge in [-0.2, -0.15) is 4.98 Å². The van der Waals surface area contributed by atoms with E-state index in [-0.39, 0.29) is 5.82 Å². The smallest absolute Gasteiger partial charge is 0.296 e. The van der Waals surface area contributed by atoms with Crippen LogP contribution in [0.4, 0.5) is 5.00 Å². The number of nitrogens with zero attached hydrogens (tertiary/aromatic N) is 4. The monoisotopic (exact) mass is 384 g/mol. The average Bonchev–Trinajstić information content (AvgIpc) is 3.15. The maximum atomic E-state index is 12.7. The predicted octanol–water partition coefficient (Wildman–Crippen LogP) is 2.28. The van der Waals surface area contributed by atoms with E-state index in [9.17, 15) is 9.59 Å². The minimum absolute atomic E-state index is 0.00589. The van der Waals surface area contributed by atoms with Gasteiger partial charge in [-0.25, -0.2) is 9.50 Å². The first-order chi connectivity index (χ1) is 12.8. The Morgan fingerprint density at radius 2 is 2.11 bits per heavy atom. The summed E-state index contributed by atoms with van der Waals surface area (Å²) in [6, 6.07) is 1.86. The van der Waals surface area contributed by atoms with Crippen LogP contribution in [0.25, 0.3) is 5.78 Å². The summed E-state index contributed by atoms with van der Waals surface area (Å²) in [6.45, 7) is 5.91. The van der Waals surface area contributed by atoms with E-state index in [1.807, 2.05) is 19.9 Å². The second-order valence-corrected chi connectivity index (χ2v) is 8.17. The van der Waals surface area contributed by atoms with Crippen molar-refractivity contribution in [2.75, 3.05) is 5.32 Å². The molecule has 1 atom stereocenters. The van der Waals surface area contributed by atoms with Gasteiger partial charge < -0.3 is 11.1 Å². The number of thiophene rings is 1. The van der Waals surface area contributed by atoms with Gasteiger partial charge >= 0.3 is 0 Å². The maximum Gasteiger partial charge on any atom is 0.296 e. The van der Waals surface area contributed by atoms with E-state index in [2.05, 4.69) is 27.3 Å². The van der Waals surface area contributed by atoms with Gasteiger partial charge in [0.1, 0.15) is 5.00 Å². The molecular weight excluding hydrogens is 364 g/mol. The van der Waals surface area contributed by atoms with Crippen LogP contribution in [0.5, 0.6) is 0 Å². The van der Waals surface area contributed by atoms with Gasteiger partial charge in [0.25, 0.3) is 17.6 Å². The second-order valence-electron chi connectivity index (χ2n) is 7.06. The summed E-state index contributed by atoms with van der Waals surface area (Å²) in [5.74, 6) is -0.0728. The number of fused-ring (bicyclic) bond motifs is 2. The van der Waals surface area contributed by atoms with Gasteiger partial charge in [-0.3, -0.25) is 9.59 Å². The van der Waals surface area contributed by atoms with Gasteiger partial charge in [0.05, 0.1) is 5.56 Å². The molecule has 1 aliphatic rings. The molecule has 2 amide bonds. The molecule has 0 radical (unpaired) electrons. The van der Waals surface area contributed by atoms with Crippen LogP contribution in [0.1, 0.15) is 56.1 Å². The van der Waals surface area contributed by atoms with Crippen LogP contribution in [0.15, 0.2) is 6.07 Å². The quantitative estimate of drug-likeness (QED) is 0.719. The molecule has 4 rings (SSSR count). The summed E-state index contributed by atoms with van der Waals surface area (Å²) in [5.41, 5.74) is 8.63. The molecule has 0 bridgehead atoms. The van der Waals surface area contributed by atoms with E-state index in [0.29, 0.717) is 22.3 Å². The SMILES string of the molecule is Cc1cc(C)n2nc(C(=O)Nc3sc4c(c3C(N)=O)CC[C@H](C)C4)nc2n1. The van der Waals surface area contributed by atoms with Crippen molar-refractivity contribution in [3.05, 3.63) is 39.3 Å². The molecule has 0 fully saturated rings. The lowest BCUT2D eigenvalue weighted by atomic mass is 9.88. The first kappa shape index (κ1) is 17.6. The minimum Gasteiger partial charge on any atom is -0.365 e. The number of nitrogens with two attached hydrogens (primary N) is 1. The Labute approximate surface area is 159 Å². The molecule has 8 nitrogen and oxygen atoms in total. The van der Waals surface area contributed by atoms with E-state index in [1.165, 1.54) is 15.9 Å². The fourth-order valence-electron chi connectivity index (χ4n) is 3.52. The number of amides is 2. The molecule has 3 aromatic heterocycles. The number of nitrogens with one attached hydrogen (secondary N) is 1. The van der Waals surface area contributed by atoms with Crippen LogP contribution in [-0.4, -0.2) is 31.4 Å². The van der Waals surface area contributed by atoms with Gasteiger partial charge in [0.15, 0.2) is 0 Å². The third-order valence-electron chi connectivity index (χ3n) is 4.81. The predicted molar refractivity (Wildman–Crippen MR) is 102 cm³/mol. The number of anilines is 1. The van der Waals surface area contributed by atoms with Crippen molar-refractivity contribution in [2.45, 2.75) is 40.0 Å². The molecular formula is C18H20N6O2S. The molecule has 140 valence electrons. The zero-order chi connectivity index (χ0) is 19.3. The van der Waals surface area contributed by atoms with Crippen molar-refractivity contribution in [3.63, 3.8) is 0 Å². The molecule has 27 heavy (non-hydrogen) atoms. The van der Waals surface area contributed by atoms with Gasteiger partial charge in [-0.1, -0.05) is 6.92 Å². The van der Waals surface area contributed by atoms with Crippen molar-refractivity contribution in [1.29, 1.82) is 0 Å². The normalized spacial score (nSPS) is 16.3. The maximum absolute atomic E-state index is 12.7. The van der Waals surface area contributed by atoms with Crippen LogP contribution in [-0.2, 0) is 12.8 Å². The third kappa shape index (κ3) is 3.08. The van der Waals surface area contributed by atoms with Crippen LogP contribution < -0.4 is 11.1 Å². The van der Waals surface area contributed by atoms with E-state index < -0.39 is 11.8 Å². The van der Waals surface area contributed by atoms with Gasteiger partial charge in [-0.15, -0.1) is 16.4 Å². The Balaban J connectivity index is 1.69. The number of aromatic nitrogens is 4. The summed E-state index contributed by atoms with van der Waals surface area (Å²) < 4.78 is 1.53. The molecule has 0 spiro atoms. The lowest BCUT2D eigenvalue weighted by molar-refractivity contribution is 0.1000. The molecule has 0 aliphatic heterocycles. The summed E-state index contributed by atoms with van der Waals surface area (Å²) in [4.78, 5) is 34.3. The number of rotatable bonds is 3. The standard InChI is InChI=1S/C18H20N6O2S/c1-8-4-5-11-12(6-8)27-17(13(11)14(19)25)22-16(26)15-21-18-20-9(2)7-10(3)24(18)23-15/h7-8H,4-6H2,1-3H3,(H2,19,25)(H,22,26)/t8-/m0/s1. The molecule has 1 aliphatic carbocycles. The van der Waals surface area contributed by atoms with Crippen molar-refractivity contribution in [3.8, 4) is 0 Å². The molecule has 9 heteroatoms. The first-order valence-corrected chi connectivity index (χ1v) is 9.62. The number of carbonyl (C=O) groups is 2.